The van der Waals surface area contributed by atoms with E-state index in [2.05, 4.69) is 30.8 Å². The largest absolute Gasteiger partial charge is 0.361 e. The van der Waals surface area contributed by atoms with Crippen molar-refractivity contribution in [2.24, 2.45) is 5.92 Å². The summed E-state index contributed by atoms with van der Waals surface area (Å²) in [6.07, 6.45) is 9.05. The predicted octanol–water partition coefficient (Wildman–Crippen LogP) is 4.99. The molecule has 2 heteroatoms. The maximum Gasteiger partial charge on any atom is 0.127 e. The molecular formula is C24H26FN. The number of aromatic nitrogens is 1. The van der Waals surface area contributed by atoms with E-state index in [1.54, 1.807) is 6.07 Å². The van der Waals surface area contributed by atoms with Gasteiger partial charge in [0.05, 0.1) is 0 Å². The number of rotatable bonds is 6. The van der Waals surface area contributed by atoms with Gasteiger partial charge in [0.25, 0.3) is 0 Å². The van der Waals surface area contributed by atoms with Crippen LogP contribution in [0.25, 0.3) is 23.8 Å². The number of aromatic amines is 1. The zero-order valence-corrected chi connectivity index (χ0v) is 15.7. The van der Waals surface area contributed by atoms with Gasteiger partial charge < -0.3 is 4.98 Å². The van der Waals surface area contributed by atoms with Crippen LogP contribution in [0.15, 0.2) is 49.2 Å². The fourth-order valence-electron chi connectivity index (χ4n) is 3.24. The van der Waals surface area contributed by atoms with E-state index < -0.39 is 0 Å². The molecule has 0 bridgehead atoms. The molecule has 134 valence electrons. The zero-order chi connectivity index (χ0) is 18.8. The Hall–Kier alpha value is -2.61. The highest BCUT2D eigenvalue weighted by atomic mass is 19.1. The second-order valence-electron chi connectivity index (χ2n) is 7.22. The summed E-state index contributed by atoms with van der Waals surface area (Å²) >= 11 is 0. The van der Waals surface area contributed by atoms with Gasteiger partial charge in [-0.3, -0.25) is 0 Å². The van der Waals surface area contributed by atoms with Gasteiger partial charge in [-0.1, -0.05) is 43.5 Å². The average Bonchev–Trinajstić information content (AvgIpc) is 3.38. The lowest BCUT2D eigenvalue weighted by atomic mass is 9.98. The number of nitrogens with one attached hydrogen (secondary N) is 1. The minimum atomic E-state index is -0.190. The minimum absolute atomic E-state index is 0.190. The van der Waals surface area contributed by atoms with Crippen LogP contribution >= 0.6 is 0 Å². The Balaban J connectivity index is 2.01. The summed E-state index contributed by atoms with van der Waals surface area (Å²) < 4.78 is 14.5. The Kier molecular flexibility index (Phi) is 5.13. The molecule has 1 aliphatic rings. The number of allylic oxidation sites excluding steroid dienone is 4. The van der Waals surface area contributed by atoms with E-state index in [9.17, 15) is 4.39 Å². The van der Waals surface area contributed by atoms with Crippen LogP contribution in [0.2, 0.25) is 0 Å². The molecule has 1 heterocycles. The van der Waals surface area contributed by atoms with Crippen molar-refractivity contribution in [3.8, 4) is 0 Å². The Morgan fingerprint density at radius 2 is 2.04 bits per heavy atom. The molecule has 0 aliphatic heterocycles. The normalized spacial score (nSPS) is 15.3. The van der Waals surface area contributed by atoms with Crippen molar-refractivity contribution in [2.75, 3.05) is 0 Å². The van der Waals surface area contributed by atoms with Crippen LogP contribution in [-0.4, -0.2) is 4.98 Å². The minimum Gasteiger partial charge on any atom is -0.361 e. The predicted molar refractivity (Wildman–Crippen MR) is 110 cm³/mol. The lowest BCUT2D eigenvalue weighted by Crippen LogP contribution is -2.23. The fourth-order valence-corrected chi connectivity index (χ4v) is 3.24. The first-order valence-electron chi connectivity index (χ1n) is 9.07. The van der Waals surface area contributed by atoms with Crippen LogP contribution in [0, 0.1) is 11.7 Å². The molecule has 0 unspecified atom stereocenters. The smallest absolute Gasteiger partial charge is 0.127 e. The number of hydrogen-bond donors (Lipinski definition) is 1. The Morgan fingerprint density at radius 1 is 1.31 bits per heavy atom. The Labute approximate surface area is 155 Å². The highest BCUT2D eigenvalue weighted by Crippen LogP contribution is 2.39. The summed E-state index contributed by atoms with van der Waals surface area (Å²) in [6, 6.07) is 5.43. The third kappa shape index (κ3) is 3.80. The van der Waals surface area contributed by atoms with E-state index in [-0.39, 0.29) is 5.82 Å². The third-order valence-electron chi connectivity index (χ3n) is 4.91. The van der Waals surface area contributed by atoms with Gasteiger partial charge >= 0.3 is 0 Å². The lowest BCUT2D eigenvalue weighted by molar-refractivity contribution is 0.613. The monoisotopic (exact) mass is 347 g/mol. The molecule has 2 aromatic rings. The van der Waals surface area contributed by atoms with Crippen LogP contribution in [-0.2, 0) is 6.42 Å². The molecule has 1 aromatic heterocycles. The molecule has 1 aromatic carbocycles. The fraction of sp³-hybridized carbons (Fsp3) is 0.250. The van der Waals surface area contributed by atoms with Crippen molar-refractivity contribution in [3.63, 3.8) is 0 Å². The first-order chi connectivity index (χ1) is 12.4. The van der Waals surface area contributed by atoms with Crippen LogP contribution in [0.1, 0.15) is 43.4 Å². The van der Waals surface area contributed by atoms with Gasteiger partial charge in [0.1, 0.15) is 5.82 Å². The van der Waals surface area contributed by atoms with E-state index in [1.807, 2.05) is 38.3 Å². The van der Waals surface area contributed by atoms with Crippen LogP contribution in [0.3, 0.4) is 0 Å². The Bertz CT molecular complexity index is 999. The van der Waals surface area contributed by atoms with Gasteiger partial charge in [0, 0.05) is 22.3 Å². The van der Waals surface area contributed by atoms with E-state index in [4.69, 9.17) is 0 Å². The van der Waals surface area contributed by atoms with Gasteiger partial charge in [-0.2, -0.15) is 0 Å². The third-order valence-corrected chi connectivity index (χ3v) is 4.91. The summed E-state index contributed by atoms with van der Waals surface area (Å²) in [7, 11) is 0. The van der Waals surface area contributed by atoms with Crippen molar-refractivity contribution in [3.05, 3.63) is 82.3 Å². The summed E-state index contributed by atoms with van der Waals surface area (Å²) in [6.45, 7) is 16.1. The zero-order valence-electron chi connectivity index (χ0n) is 15.7. The molecule has 1 aliphatic carbocycles. The average molecular weight is 347 g/mol. The molecule has 0 atom stereocenters. The molecule has 0 spiro atoms. The van der Waals surface area contributed by atoms with E-state index >= 15 is 0 Å². The van der Waals surface area contributed by atoms with Crippen molar-refractivity contribution in [1.82, 2.24) is 4.98 Å². The van der Waals surface area contributed by atoms with Gasteiger partial charge in [-0.15, -0.1) is 0 Å². The van der Waals surface area contributed by atoms with Gasteiger partial charge in [0.2, 0.25) is 0 Å². The lowest BCUT2D eigenvalue weighted by Gasteiger charge is -2.08. The molecule has 0 radical (unpaired) electrons. The number of halogens is 1. The highest BCUT2D eigenvalue weighted by molar-refractivity contribution is 5.89. The van der Waals surface area contributed by atoms with Crippen molar-refractivity contribution >= 4 is 23.8 Å². The summed E-state index contributed by atoms with van der Waals surface area (Å²) in [4.78, 5) is 3.21. The highest BCUT2D eigenvalue weighted by Gasteiger charge is 2.26. The number of H-pyrrole nitrogens is 1. The molecule has 26 heavy (non-hydrogen) atoms. The quantitative estimate of drug-likeness (QED) is 0.709. The van der Waals surface area contributed by atoms with Gasteiger partial charge in [0.15, 0.2) is 0 Å². The molecule has 1 nitrogen and oxygen atoms in total. The summed E-state index contributed by atoms with van der Waals surface area (Å²) in [5.41, 5.74) is 5.75. The van der Waals surface area contributed by atoms with Crippen molar-refractivity contribution < 1.29 is 4.39 Å². The second kappa shape index (κ2) is 7.33. The van der Waals surface area contributed by atoms with Crippen LogP contribution < -0.4 is 10.6 Å². The number of benzene rings is 1. The first-order valence-corrected chi connectivity index (χ1v) is 9.07. The Morgan fingerprint density at radius 3 is 2.62 bits per heavy atom. The summed E-state index contributed by atoms with van der Waals surface area (Å²) in [5.74, 6) is 0.398. The summed E-state index contributed by atoms with van der Waals surface area (Å²) in [5, 5.41) is 1.90. The SMILES string of the molecule is C=C(C)Cc1ccc(C(/C=c2/c(C(=C)C3CC3)c[nH]c2=C)=C/C)cc1F. The molecule has 0 amide bonds. The van der Waals surface area contributed by atoms with Gasteiger partial charge in [-0.25, -0.2) is 4.39 Å². The first kappa shape index (κ1) is 18.2. The molecule has 1 saturated carbocycles. The maximum absolute atomic E-state index is 14.5. The standard InChI is InChI=1S/C24H26FN/c1-6-18(20-9-10-21(11-15(2)3)24(25)13-20)12-22-17(5)26-14-23(22)16(4)19-7-8-19/h6,9-10,12-14,19,26H,2,4-5,7-8,11H2,1,3H3/b18-6+,22-12+. The van der Waals surface area contributed by atoms with E-state index in [0.717, 1.165) is 32.8 Å². The maximum atomic E-state index is 14.5. The van der Waals surface area contributed by atoms with Crippen molar-refractivity contribution in [1.29, 1.82) is 0 Å². The number of hydrogen-bond acceptors (Lipinski definition) is 0. The molecule has 0 saturated heterocycles. The molecular weight excluding hydrogens is 321 g/mol. The molecule has 3 rings (SSSR count). The van der Waals surface area contributed by atoms with E-state index in [1.165, 1.54) is 18.4 Å². The van der Waals surface area contributed by atoms with Crippen LogP contribution in [0.5, 0.6) is 0 Å². The van der Waals surface area contributed by atoms with Crippen molar-refractivity contribution in [2.45, 2.75) is 33.1 Å². The van der Waals surface area contributed by atoms with Gasteiger partial charge in [-0.05, 0) is 73.4 Å². The molecule has 1 fully saturated rings. The van der Waals surface area contributed by atoms with Crippen LogP contribution in [0.4, 0.5) is 4.39 Å². The topological polar surface area (TPSA) is 15.8 Å². The molecule has 1 N–H and O–H groups in total. The van der Waals surface area contributed by atoms with E-state index in [0.29, 0.717) is 17.9 Å². The second-order valence-corrected chi connectivity index (χ2v) is 7.22.